The van der Waals surface area contributed by atoms with Gasteiger partial charge in [-0.2, -0.15) is 0 Å². The lowest BCUT2D eigenvalue weighted by Crippen LogP contribution is -2.32. The number of carbonyl (C=O) groups excluding carboxylic acids is 2. The Morgan fingerprint density at radius 2 is 1.64 bits per heavy atom. The Bertz CT molecular complexity index is 1140. The third kappa shape index (κ3) is 2.65. The fourth-order valence-electron chi connectivity index (χ4n) is 3.88. The van der Waals surface area contributed by atoms with Gasteiger partial charge in [-0.15, -0.1) is 0 Å². The Morgan fingerprint density at radius 3 is 2.36 bits per heavy atom. The smallest absolute Gasteiger partial charge is 0.305 e. The van der Waals surface area contributed by atoms with E-state index < -0.39 is 11.2 Å². The van der Waals surface area contributed by atoms with Crippen molar-refractivity contribution >= 4 is 52.2 Å². The number of nitrogens with zero attached hydrogens (tertiary/aromatic N) is 1. The summed E-state index contributed by atoms with van der Waals surface area (Å²) in [5.74, 6) is -1.40. The molecule has 1 saturated heterocycles. The number of fused-ring (bicyclic) bond motifs is 2. The van der Waals surface area contributed by atoms with E-state index in [9.17, 15) is 14.4 Å². The zero-order valence-corrected chi connectivity index (χ0v) is 16.7. The normalized spacial score (nSPS) is 23.6. The summed E-state index contributed by atoms with van der Waals surface area (Å²) in [7, 11) is 0. The summed E-state index contributed by atoms with van der Waals surface area (Å²) in [5, 5.41) is 0.645. The number of aromatic nitrogens is 1. The summed E-state index contributed by atoms with van der Waals surface area (Å²) in [4.78, 5) is 43.3. The highest BCUT2D eigenvalue weighted by Gasteiger charge is 2.56. The molecule has 0 saturated carbocycles. The van der Waals surface area contributed by atoms with Gasteiger partial charge < -0.3 is 4.98 Å². The van der Waals surface area contributed by atoms with E-state index in [0.717, 1.165) is 21.8 Å². The van der Waals surface area contributed by atoms with Crippen molar-refractivity contribution in [2.45, 2.75) is 16.2 Å². The zero-order chi connectivity index (χ0) is 19.4. The Balaban J connectivity index is 1.65. The van der Waals surface area contributed by atoms with Crippen LogP contribution in [0.25, 0.3) is 0 Å². The molecule has 28 heavy (non-hydrogen) atoms. The van der Waals surface area contributed by atoms with Crippen LogP contribution in [-0.2, 0) is 9.59 Å². The first-order valence-corrected chi connectivity index (χ1v) is 10.7. The highest BCUT2D eigenvalue weighted by Crippen LogP contribution is 2.53. The summed E-state index contributed by atoms with van der Waals surface area (Å²) in [5.41, 5.74) is 1.44. The molecule has 0 radical (unpaired) electrons. The van der Waals surface area contributed by atoms with Crippen molar-refractivity contribution in [1.82, 2.24) is 4.98 Å². The van der Waals surface area contributed by atoms with Crippen molar-refractivity contribution in [3.63, 3.8) is 0 Å². The van der Waals surface area contributed by atoms with E-state index in [1.54, 1.807) is 24.3 Å². The topological polar surface area (TPSA) is 70.2 Å². The van der Waals surface area contributed by atoms with E-state index in [1.165, 1.54) is 16.7 Å². The Kier molecular flexibility index (Phi) is 4.19. The van der Waals surface area contributed by atoms with Gasteiger partial charge in [0.15, 0.2) is 0 Å². The molecular weight excluding hydrogens is 416 g/mol. The number of imide groups is 1. The van der Waals surface area contributed by atoms with Gasteiger partial charge in [0.05, 0.1) is 16.6 Å². The van der Waals surface area contributed by atoms with E-state index in [1.807, 2.05) is 30.3 Å². The molecule has 5 rings (SSSR count). The minimum Gasteiger partial charge on any atom is -0.307 e. The lowest BCUT2D eigenvalue weighted by Gasteiger charge is -2.29. The number of carbonyl (C=O) groups is 2. The minimum absolute atomic E-state index is 0.173. The van der Waals surface area contributed by atoms with Crippen LogP contribution >= 0.6 is 34.7 Å². The van der Waals surface area contributed by atoms with Gasteiger partial charge >= 0.3 is 4.87 Å². The van der Waals surface area contributed by atoms with E-state index in [4.69, 9.17) is 11.6 Å². The third-order valence-electron chi connectivity index (χ3n) is 5.07. The summed E-state index contributed by atoms with van der Waals surface area (Å²) >= 11 is 8.34. The SMILES string of the molecule is O=C1[C@@H]2[C@@H](c3ccccc3)c3sc(=O)[nH]c3S[C@H]2C(=O)N1c1ccc(Cl)cc1. The highest BCUT2D eigenvalue weighted by molar-refractivity contribution is 8.00. The average molecular weight is 429 g/mol. The van der Waals surface area contributed by atoms with Crippen molar-refractivity contribution < 1.29 is 9.59 Å². The molecule has 1 aromatic heterocycles. The first-order chi connectivity index (χ1) is 13.5. The average Bonchev–Trinajstić information content (AvgIpc) is 3.18. The Morgan fingerprint density at radius 1 is 0.929 bits per heavy atom. The Labute approximate surface area is 173 Å². The fourth-order valence-corrected chi connectivity index (χ4v) is 6.52. The molecule has 0 spiro atoms. The lowest BCUT2D eigenvalue weighted by molar-refractivity contribution is -0.122. The van der Waals surface area contributed by atoms with Gasteiger partial charge in [0, 0.05) is 15.8 Å². The molecule has 8 heteroatoms. The predicted octanol–water partition coefficient (Wildman–Crippen LogP) is 3.89. The van der Waals surface area contributed by atoms with Crippen LogP contribution in [0.15, 0.2) is 64.4 Å². The molecule has 0 bridgehead atoms. The van der Waals surface area contributed by atoms with Gasteiger partial charge in [0.2, 0.25) is 11.8 Å². The molecule has 0 aliphatic carbocycles. The summed E-state index contributed by atoms with van der Waals surface area (Å²) in [6, 6.07) is 16.3. The number of nitrogens with one attached hydrogen (secondary N) is 1. The van der Waals surface area contributed by atoms with Crippen LogP contribution in [0.5, 0.6) is 0 Å². The van der Waals surface area contributed by atoms with Gasteiger partial charge in [0.25, 0.3) is 0 Å². The van der Waals surface area contributed by atoms with Gasteiger partial charge in [-0.3, -0.25) is 14.4 Å². The summed E-state index contributed by atoms with van der Waals surface area (Å²) in [6.07, 6.45) is 0. The van der Waals surface area contributed by atoms with Crippen molar-refractivity contribution in [3.05, 3.63) is 79.7 Å². The molecular formula is C20H13ClN2O3S2. The largest absolute Gasteiger partial charge is 0.307 e. The van der Waals surface area contributed by atoms with Gasteiger partial charge in [-0.05, 0) is 29.8 Å². The third-order valence-corrected chi connectivity index (χ3v) is 7.72. The number of aromatic amines is 1. The van der Waals surface area contributed by atoms with Crippen molar-refractivity contribution in [1.29, 1.82) is 0 Å². The van der Waals surface area contributed by atoms with Crippen molar-refractivity contribution in [2.24, 2.45) is 5.92 Å². The van der Waals surface area contributed by atoms with Crippen LogP contribution in [0.2, 0.25) is 5.02 Å². The molecule has 2 aromatic carbocycles. The van der Waals surface area contributed by atoms with E-state index in [0.29, 0.717) is 15.7 Å². The first kappa shape index (κ1) is 17.7. The van der Waals surface area contributed by atoms with Gasteiger partial charge in [-0.1, -0.05) is 65.0 Å². The number of rotatable bonds is 2. The van der Waals surface area contributed by atoms with Crippen LogP contribution < -0.4 is 9.77 Å². The van der Waals surface area contributed by atoms with Gasteiger partial charge in [-0.25, -0.2) is 4.90 Å². The minimum atomic E-state index is -0.578. The molecule has 5 nitrogen and oxygen atoms in total. The summed E-state index contributed by atoms with van der Waals surface area (Å²) < 4.78 is 0. The monoisotopic (exact) mass is 428 g/mol. The molecule has 1 N–H and O–H groups in total. The number of benzene rings is 2. The second-order valence-electron chi connectivity index (χ2n) is 6.65. The van der Waals surface area contributed by atoms with Gasteiger partial charge in [0.1, 0.15) is 5.25 Å². The number of thioether (sulfide) groups is 1. The maximum Gasteiger partial charge on any atom is 0.305 e. The molecule has 1 fully saturated rings. The van der Waals surface area contributed by atoms with Crippen LogP contribution in [-0.4, -0.2) is 22.0 Å². The van der Waals surface area contributed by atoms with Crippen LogP contribution in [0.1, 0.15) is 16.4 Å². The first-order valence-electron chi connectivity index (χ1n) is 8.62. The molecule has 140 valence electrons. The number of thiazole rings is 1. The van der Waals surface area contributed by atoms with Crippen LogP contribution in [0.3, 0.4) is 0 Å². The number of hydrogen-bond acceptors (Lipinski definition) is 5. The van der Waals surface area contributed by atoms with Crippen LogP contribution in [0.4, 0.5) is 5.69 Å². The highest BCUT2D eigenvalue weighted by atomic mass is 35.5. The molecule has 2 aliphatic heterocycles. The van der Waals surface area contributed by atoms with Crippen molar-refractivity contribution in [3.8, 4) is 0 Å². The molecule has 2 amide bonds. The molecule has 2 aliphatic rings. The van der Waals surface area contributed by atoms with Crippen LogP contribution in [0, 0.1) is 5.92 Å². The second kappa shape index (κ2) is 6.62. The van der Waals surface area contributed by atoms with Crippen molar-refractivity contribution in [2.75, 3.05) is 4.90 Å². The zero-order valence-electron chi connectivity index (χ0n) is 14.3. The molecule has 3 atom stereocenters. The molecule has 3 aromatic rings. The Hall–Kier alpha value is -2.35. The van der Waals surface area contributed by atoms with E-state index in [2.05, 4.69) is 4.98 Å². The van der Waals surface area contributed by atoms with E-state index >= 15 is 0 Å². The molecule has 3 heterocycles. The maximum absolute atomic E-state index is 13.4. The predicted molar refractivity (Wildman–Crippen MR) is 110 cm³/mol. The molecule has 0 unspecified atom stereocenters. The standard InChI is InChI=1S/C20H13ClN2O3S2/c21-11-6-8-12(9-7-11)23-18(24)14-13(10-4-2-1-3-5-10)15-17(22-20(26)28-15)27-16(14)19(23)25/h1-9,13-14,16H,(H,22,26)/t13-,14-,16-/m1/s1. The fraction of sp³-hybridized carbons (Fsp3) is 0.150. The number of H-pyrrole nitrogens is 1. The number of amides is 2. The van der Waals surface area contributed by atoms with E-state index in [-0.39, 0.29) is 22.6 Å². The summed E-state index contributed by atoms with van der Waals surface area (Å²) in [6.45, 7) is 0. The quantitative estimate of drug-likeness (QED) is 0.629. The number of anilines is 1. The number of hydrogen-bond donors (Lipinski definition) is 1. The maximum atomic E-state index is 13.4. The number of halogens is 1. The second-order valence-corrected chi connectivity index (χ2v) is 9.25. The lowest BCUT2D eigenvalue weighted by atomic mass is 9.83.